The van der Waals surface area contributed by atoms with Gasteiger partial charge in [-0.15, -0.1) is 0 Å². The molecule has 1 aromatic carbocycles. The van der Waals surface area contributed by atoms with Gasteiger partial charge < -0.3 is 9.64 Å². The van der Waals surface area contributed by atoms with E-state index in [0.717, 1.165) is 0 Å². The van der Waals surface area contributed by atoms with E-state index >= 15 is 0 Å². The van der Waals surface area contributed by atoms with Crippen molar-refractivity contribution in [1.82, 2.24) is 13.5 Å². The lowest BCUT2D eigenvalue weighted by atomic mass is 10.2. The molecule has 0 radical (unpaired) electrons. The van der Waals surface area contributed by atoms with Crippen LogP contribution in [0.3, 0.4) is 0 Å². The largest absolute Gasteiger partial charge is 0.379 e. The molecular formula is C15H20FN3O4S. The number of amides is 1. The minimum atomic E-state index is -3.51. The zero-order valence-electron chi connectivity index (χ0n) is 13.2. The van der Waals surface area contributed by atoms with Crippen molar-refractivity contribution in [1.29, 1.82) is 0 Å². The molecule has 7 nitrogen and oxygen atoms in total. The maximum absolute atomic E-state index is 12.9. The summed E-state index contributed by atoms with van der Waals surface area (Å²) in [6.07, 6.45) is 0. The van der Waals surface area contributed by atoms with E-state index in [1.165, 1.54) is 32.9 Å². The van der Waals surface area contributed by atoms with Crippen LogP contribution < -0.4 is 0 Å². The van der Waals surface area contributed by atoms with E-state index in [2.05, 4.69) is 0 Å². The predicted octanol–water partition coefficient (Wildman–Crippen LogP) is 0.161. The van der Waals surface area contributed by atoms with Gasteiger partial charge in [0.1, 0.15) is 5.82 Å². The van der Waals surface area contributed by atoms with Crippen molar-refractivity contribution in [3.63, 3.8) is 0 Å². The standard InChI is InChI=1S/C15H20FN3O4S/c16-14-3-1-13(2-4-14)15(20)17-5-7-18(8-6-17)24(21,22)19-9-11-23-12-10-19/h1-4H,5-12H2. The van der Waals surface area contributed by atoms with E-state index in [9.17, 15) is 17.6 Å². The Balaban J connectivity index is 1.61. The van der Waals surface area contributed by atoms with Gasteiger partial charge in [0.05, 0.1) is 13.2 Å². The molecule has 0 unspecified atom stereocenters. The Labute approximate surface area is 140 Å². The molecule has 1 amide bonds. The lowest BCUT2D eigenvalue weighted by Gasteiger charge is -2.37. The van der Waals surface area contributed by atoms with Crippen molar-refractivity contribution in [2.45, 2.75) is 0 Å². The number of piperazine rings is 1. The lowest BCUT2D eigenvalue weighted by molar-refractivity contribution is 0.0636. The number of carbonyl (C=O) groups excluding carboxylic acids is 1. The number of ether oxygens (including phenoxy) is 1. The highest BCUT2D eigenvalue weighted by Gasteiger charge is 2.34. The first-order chi connectivity index (χ1) is 11.5. The van der Waals surface area contributed by atoms with Crippen molar-refractivity contribution in [3.05, 3.63) is 35.6 Å². The van der Waals surface area contributed by atoms with Gasteiger partial charge in [0.25, 0.3) is 16.1 Å². The number of halogens is 1. The Morgan fingerprint density at radius 2 is 1.46 bits per heavy atom. The molecule has 2 fully saturated rings. The fraction of sp³-hybridized carbons (Fsp3) is 0.533. The van der Waals surface area contributed by atoms with E-state index in [-0.39, 0.29) is 19.0 Å². The molecule has 2 aliphatic heterocycles. The van der Waals surface area contributed by atoms with E-state index in [1.54, 1.807) is 4.90 Å². The van der Waals surface area contributed by atoms with Gasteiger partial charge in [-0.1, -0.05) is 0 Å². The van der Waals surface area contributed by atoms with E-state index in [1.807, 2.05) is 0 Å². The Bertz CT molecular complexity index is 681. The van der Waals surface area contributed by atoms with Crippen LogP contribution in [0.4, 0.5) is 4.39 Å². The van der Waals surface area contributed by atoms with Gasteiger partial charge in [0.2, 0.25) is 0 Å². The summed E-state index contributed by atoms with van der Waals surface area (Å²) in [6.45, 7) is 2.68. The van der Waals surface area contributed by atoms with Gasteiger partial charge in [-0.3, -0.25) is 4.79 Å². The number of nitrogens with zero attached hydrogens (tertiary/aromatic N) is 3. The van der Waals surface area contributed by atoms with E-state index in [0.29, 0.717) is 45.0 Å². The number of hydrogen-bond acceptors (Lipinski definition) is 4. The summed E-state index contributed by atoms with van der Waals surface area (Å²) in [6, 6.07) is 5.36. The van der Waals surface area contributed by atoms with Gasteiger partial charge in [0, 0.05) is 44.8 Å². The fourth-order valence-corrected chi connectivity index (χ4v) is 4.40. The van der Waals surface area contributed by atoms with Crippen LogP contribution in [0.25, 0.3) is 0 Å². The highest BCUT2D eigenvalue weighted by Crippen LogP contribution is 2.15. The molecule has 132 valence electrons. The molecule has 0 aromatic heterocycles. The third kappa shape index (κ3) is 3.59. The summed E-state index contributed by atoms with van der Waals surface area (Å²) >= 11 is 0. The zero-order chi connectivity index (χ0) is 17.2. The van der Waals surface area contributed by atoms with E-state index < -0.39 is 16.0 Å². The average molecular weight is 357 g/mol. The smallest absolute Gasteiger partial charge is 0.282 e. The van der Waals surface area contributed by atoms with E-state index in [4.69, 9.17) is 4.74 Å². The molecule has 0 N–H and O–H groups in total. The van der Waals surface area contributed by atoms with Crippen LogP contribution in [0.15, 0.2) is 24.3 Å². The maximum atomic E-state index is 12.9. The third-order valence-electron chi connectivity index (χ3n) is 4.24. The number of morpholine rings is 1. The van der Waals surface area contributed by atoms with Crippen LogP contribution in [0, 0.1) is 5.82 Å². The van der Waals surface area contributed by atoms with Gasteiger partial charge in [-0.05, 0) is 24.3 Å². The maximum Gasteiger partial charge on any atom is 0.282 e. The molecule has 2 aliphatic rings. The van der Waals surface area contributed by atoms with Crippen LogP contribution in [-0.2, 0) is 14.9 Å². The van der Waals surface area contributed by atoms with Crippen molar-refractivity contribution >= 4 is 16.1 Å². The molecule has 0 spiro atoms. The first-order valence-electron chi connectivity index (χ1n) is 7.86. The SMILES string of the molecule is O=C(c1ccc(F)cc1)N1CCN(S(=O)(=O)N2CCOCC2)CC1. The minimum Gasteiger partial charge on any atom is -0.379 e. The van der Waals surface area contributed by atoms with Gasteiger partial charge in [-0.2, -0.15) is 17.0 Å². The summed E-state index contributed by atoms with van der Waals surface area (Å²) < 4.78 is 46.1. The summed E-state index contributed by atoms with van der Waals surface area (Å²) in [4.78, 5) is 14.0. The normalized spacial score (nSPS) is 21.0. The number of benzene rings is 1. The van der Waals surface area contributed by atoms with Crippen LogP contribution in [0.2, 0.25) is 0 Å². The average Bonchev–Trinajstić information content (AvgIpc) is 2.62. The Morgan fingerprint density at radius 1 is 0.917 bits per heavy atom. The molecule has 0 atom stereocenters. The highest BCUT2D eigenvalue weighted by atomic mass is 32.2. The van der Waals surface area contributed by atoms with Crippen LogP contribution in [-0.4, -0.2) is 80.3 Å². The van der Waals surface area contributed by atoms with Gasteiger partial charge in [0.15, 0.2) is 0 Å². The number of rotatable bonds is 3. The molecule has 0 bridgehead atoms. The molecule has 2 heterocycles. The summed E-state index contributed by atoms with van der Waals surface area (Å²) in [5.41, 5.74) is 0.404. The van der Waals surface area contributed by atoms with Crippen molar-refractivity contribution < 1.29 is 22.3 Å². The topological polar surface area (TPSA) is 70.2 Å². The molecule has 1 aromatic rings. The first-order valence-corrected chi connectivity index (χ1v) is 9.26. The number of hydrogen-bond donors (Lipinski definition) is 0. The first kappa shape index (κ1) is 17.3. The zero-order valence-corrected chi connectivity index (χ0v) is 14.0. The number of carbonyl (C=O) groups is 1. The summed E-state index contributed by atoms with van der Waals surface area (Å²) in [7, 11) is -3.51. The third-order valence-corrected chi connectivity index (χ3v) is 6.28. The molecular weight excluding hydrogens is 337 g/mol. The molecule has 24 heavy (non-hydrogen) atoms. The quantitative estimate of drug-likeness (QED) is 0.773. The second-order valence-electron chi connectivity index (χ2n) is 5.72. The molecule has 3 rings (SSSR count). The lowest BCUT2D eigenvalue weighted by Crippen LogP contribution is -2.55. The summed E-state index contributed by atoms with van der Waals surface area (Å²) in [5.74, 6) is -0.605. The Kier molecular flexibility index (Phi) is 5.14. The molecule has 0 saturated carbocycles. The molecule has 0 aliphatic carbocycles. The van der Waals surface area contributed by atoms with Crippen LogP contribution in [0.1, 0.15) is 10.4 Å². The second-order valence-corrected chi connectivity index (χ2v) is 7.65. The Hall–Kier alpha value is -1.55. The van der Waals surface area contributed by atoms with Crippen molar-refractivity contribution in [2.24, 2.45) is 0 Å². The van der Waals surface area contributed by atoms with Crippen LogP contribution >= 0.6 is 0 Å². The van der Waals surface area contributed by atoms with Crippen molar-refractivity contribution in [2.75, 3.05) is 52.5 Å². The van der Waals surface area contributed by atoms with Crippen LogP contribution in [0.5, 0.6) is 0 Å². The fourth-order valence-electron chi connectivity index (χ4n) is 2.84. The predicted molar refractivity (Wildman–Crippen MR) is 85.2 cm³/mol. The molecule has 9 heteroatoms. The van der Waals surface area contributed by atoms with Crippen molar-refractivity contribution in [3.8, 4) is 0 Å². The Morgan fingerprint density at radius 3 is 2.04 bits per heavy atom. The summed E-state index contributed by atoms with van der Waals surface area (Å²) in [5, 5.41) is 0. The monoisotopic (exact) mass is 357 g/mol. The highest BCUT2D eigenvalue weighted by molar-refractivity contribution is 7.86. The minimum absolute atomic E-state index is 0.210. The molecule has 2 saturated heterocycles. The second kappa shape index (κ2) is 7.14. The van der Waals surface area contributed by atoms with Gasteiger partial charge in [-0.25, -0.2) is 4.39 Å². The van der Waals surface area contributed by atoms with Gasteiger partial charge >= 0.3 is 0 Å².